The Morgan fingerprint density at radius 2 is 1.88 bits per heavy atom. The normalized spacial score (nSPS) is 14.0. The fraction of sp³-hybridized carbons (Fsp3) is 0.227. The summed E-state index contributed by atoms with van der Waals surface area (Å²) in [6.45, 7) is 1.36. The van der Waals surface area contributed by atoms with Crippen LogP contribution in [0.4, 0.5) is 18.9 Å². The molecule has 3 aromatic rings. The molecule has 7 nitrogen and oxygen atoms in total. The molecule has 2 heterocycles. The van der Waals surface area contributed by atoms with Gasteiger partial charge in [-0.3, -0.25) is 9.52 Å². The van der Waals surface area contributed by atoms with Gasteiger partial charge in [-0.05, 0) is 54.8 Å². The first-order valence-electron chi connectivity index (χ1n) is 9.94. The van der Waals surface area contributed by atoms with Crippen molar-refractivity contribution in [2.45, 2.75) is 31.0 Å². The van der Waals surface area contributed by atoms with Gasteiger partial charge in [0.25, 0.3) is 10.0 Å². The highest BCUT2D eigenvalue weighted by Crippen LogP contribution is 2.28. The van der Waals surface area contributed by atoms with Gasteiger partial charge in [0.05, 0.1) is 10.6 Å². The molecular formula is C22H19F3N4O3S. The lowest BCUT2D eigenvalue weighted by Crippen LogP contribution is -2.43. The maximum atomic E-state index is 13.0. The van der Waals surface area contributed by atoms with Gasteiger partial charge in [-0.1, -0.05) is 18.2 Å². The van der Waals surface area contributed by atoms with Crippen LogP contribution in [0.5, 0.6) is 0 Å². The van der Waals surface area contributed by atoms with Gasteiger partial charge in [-0.2, -0.15) is 13.2 Å². The number of carbonyl (C=O) groups is 1. The Kier molecular flexibility index (Phi) is 5.83. The van der Waals surface area contributed by atoms with E-state index in [2.05, 4.69) is 14.7 Å². The number of rotatable bonds is 4. The molecule has 1 N–H and O–H groups in total. The van der Waals surface area contributed by atoms with Crippen LogP contribution in [-0.2, 0) is 27.8 Å². The number of hydrogen-bond acceptors (Lipinski definition) is 5. The van der Waals surface area contributed by atoms with Gasteiger partial charge in [0.2, 0.25) is 0 Å². The van der Waals surface area contributed by atoms with E-state index in [-0.39, 0.29) is 24.4 Å². The summed E-state index contributed by atoms with van der Waals surface area (Å²) in [6, 6.07) is 12.7. The van der Waals surface area contributed by atoms with Crippen molar-refractivity contribution in [1.29, 1.82) is 0 Å². The van der Waals surface area contributed by atoms with E-state index in [9.17, 15) is 26.4 Å². The summed E-state index contributed by atoms with van der Waals surface area (Å²) in [4.78, 5) is 20.5. The van der Waals surface area contributed by atoms with Gasteiger partial charge in [0, 0.05) is 30.5 Å². The summed E-state index contributed by atoms with van der Waals surface area (Å²) < 4.78 is 66.8. The third-order valence-electron chi connectivity index (χ3n) is 5.22. The maximum absolute atomic E-state index is 13.0. The predicted octanol–water partition coefficient (Wildman–Crippen LogP) is 3.70. The number of benzene rings is 2. The lowest BCUT2D eigenvalue weighted by Gasteiger charge is -2.29. The number of aryl methyl sites for hydroxylation is 1. The third kappa shape index (κ3) is 4.98. The van der Waals surface area contributed by atoms with Gasteiger partial charge < -0.3 is 4.90 Å². The average Bonchev–Trinajstić information content (AvgIpc) is 2.77. The number of nitrogens with one attached hydrogen (secondary N) is 1. The van der Waals surface area contributed by atoms with Crippen LogP contribution in [-0.4, -0.2) is 41.9 Å². The van der Waals surface area contributed by atoms with Crippen molar-refractivity contribution >= 4 is 21.6 Å². The van der Waals surface area contributed by atoms with Crippen molar-refractivity contribution < 1.29 is 26.4 Å². The first-order valence-corrected chi connectivity index (χ1v) is 11.4. The van der Waals surface area contributed by atoms with Crippen LogP contribution >= 0.6 is 0 Å². The number of sulfonamides is 1. The molecule has 172 valence electrons. The van der Waals surface area contributed by atoms with Gasteiger partial charge in [-0.15, -0.1) is 0 Å². The van der Waals surface area contributed by atoms with Crippen LogP contribution in [0, 0.1) is 6.92 Å². The largest absolute Gasteiger partial charge is 0.471 e. The number of alkyl halides is 3. The molecule has 11 heteroatoms. The highest BCUT2D eigenvalue weighted by Gasteiger charge is 2.43. The van der Waals surface area contributed by atoms with E-state index >= 15 is 0 Å². The third-order valence-corrected chi connectivity index (χ3v) is 6.60. The molecule has 1 aliphatic rings. The smallest absolute Gasteiger partial charge is 0.330 e. The Morgan fingerprint density at radius 1 is 1.09 bits per heavy atom. The number of hydrogen-bond donors (Lipinski definition) is 1. The second-order valence-electron chi connectivity index (χ2n) is 7.58. The monoisotopic (exact) mass is 476 g/mol. The highest BCUT2D eigenvalue weighted by atomic mass is 32.2. The molecule has 0 atom stereocenters. The first-order chi connectivity index (χ1) is 15.5. The van der Waals surface area contributed by atoms with E-state index < -0.39 is 22.1 Å². The van der Waals surface area contributed by atoms with Crippen LogP contribution < -0.4 is 4.72 Å². The van der Waals surface area contributed by atoms with E-state index in [1.165, 1.54) is 12.1 Å². The first kappa shape index (κ1) is 22.7. The van der Waals surface area contributed by atoms with Crippen LogP contribution in [0.3, 0.4) is 0 Å². The zero-order chi connectivity index (χ0) is 23.8. The zero-order valence-corrected chi connectivity index (χ0v) is 18.2. The Morgan fingerprint density at radius 3 is 2.61 bits per heavy atom. The van der Waals surface area contributed by atoms with Gasteiger partial charge in [-0.25, -0.2) is 18.4 Å². The zero-order valence-electron chi connectivity index (χ0n) is 17.4. The standard InChI is InChI=1S/C22H19F3N4O3S/c1-14-26-9-7-20(27-14)16-3-2-4-18(11-16)28-33(31,32)19-6-5-15-8-10-29(13-17(15)12-19)21(30)22(23,24)25/h2-7,9,11-12,28H,8,10,13H2,1H3. The quantitative estimate of drug-likeness (QED) is 0.620. The van der Waals surface area contributed by atoms with Crippen LogP contribution in [0.25, 0.3) is 11.3 Å². The summed E-state index contributed by atoms with van der Waals surface area (Å²) in [6.07, 6.45) is -3.16. The molecule has 1 amide bonds. The fourth-order valence-corrected chi connectivity index (χ4v) is 4.73. The SMILES string of the molecule is Cc1nccc(-c2cccc(NS(=O)(=O)c3ccc4c(c3)CN(C(=O)C(F)(F)F)CC4)c2)n1. The molecule has 1 aromatic heterocycles. The molecule has 0 spiro atoms. The summed E-state index contributed by atoms with van der Waals surface area (Å²) >= 11 is 0. The number of fused-ring (bicyclic) bond motifs is 1. The summed E-state index contributed by atoms with van der Waals surface area (Å²) in [5.74, 6) is -1.36. The molecule has 1 aliphatic heterocycles. The fourth-order valence-electron chi connectivity index (χ4n) is 3.63. The van der Waals surface area contributed by atoms with E-state index in [0.29, 0.717) is 38.8 Å². The lowest BCUT2D eigenvalue weighted by atomic mass is 10.00. The molecule has 0 bridgehead atoms. The molecule has 33 heavy (non-hydrogen) atoms. The summed E-state index contributed by atoms with van der Waals surface area (Å²) in [7, 11) is -4.03. The van der Waals surface area contributed by atoms with Crippen molar-refractivity contribution in [1.82, 2.24) is 14.9 Å². The van der Waals surface area contributed by atoms with E-state index in [1.54, 1.807) is 49.5 Å². The Labute approximate surface area is 188 Å². The van der Waals surface area contributed by atoms with E-state index in [1.807, 2.05) is 0 Å². The van der Waals surface area contributed by atoms with Gasteiger partial charge in [0.15, 0.2) is 0 Å². The predicted molar refractivity (Wildman–Crippen MR) is 115 cm³/mol. The van der Waals surface area contributed by atoms with Crippen LogP contribution in [0.2, 0.25) is 0 Å². The minimum atomic E-state index is -4.98. The van der Waals surface area contributed by atoms with Gasteiger partial charge >= 0.3 is 12.1 Å². The molecule has 4 rings (SSSR count). The van der Waals surface area contributed by atoms with Crippen molar-refractivity contribution in [2.75, 3.05) is 11.3 Å². The number of amides is 1. The molecule has 0 fully saturated rings. The van der Waals surface area contributed by atoms with Crippen LogP contribution in [0.1, 0.15) is 17.0 Å². The Bertz CT molecular complexity index is 1330. The second kappa shape index (κ2) is 8.47. The molecule has 0 saturated heterocycles. The Hall–Kier alpha value is -3.47. The van der Waals surface area contributed by atoms with Crippen molar-refractivity contribution in [3.63, 3.8) is 0 Å². The summed E-state index contributed by atoms with van der Waals surface area (Å²) in [5, 5.41) is 0. The minimum absolute atomic E-state index is 0.0784. The number of halogens is 3. The number of nitrogens with zero attached hydrogens (tertiary/aromatic N) is 3. The van der Waals surface area contributed by atoms with E-state index in [4.69, 9.17) is 0 Å². The van der Waals surface area contributed by atoms with Crippen LogP contribution in [0.15, 0.2) is 59.6 Å². The lowest BCUT2D eigenvalue weighted by molar-refractivity contribution is -0.186. The molecular weight excluding hydrogens is 457 g/mol. The summed E-state index contributed by atoms with van der Waals surface area (Å²) in [5.41, 5.74) is 2.70. The minimum Gasteiger partial charge on any atom is -0.330 e. The molecule has 0 aliphatic carbocycles. The molecule has 0 radical (unpaired) electrons. The number of aromatic nitrogens is 2. The van der Waals surface area contributed by atoms with Crippen molar-refractivity contribution in [3.8, 4) is 11.3 Å². The number of anilines is 1. The molecule has 0 unspecified atom stereocenters. The topological polar surface area (TPSA) is 92.3 Å². The molecule has 0 saturated carbocycles. The van der Waals surface area contributed by atoms with E-state index in [0.717, 1.165) is 0 Å². The van der Waals surface area contributed by atoms with Gasteiger partial charge in [0.1, 0.15) is 5.82 Å². The number of carbonyl (C=O) groups excluding carboxylic acids is 1. The van der Waals surface area contributed by atoms with Crippen molar-refractivity contribution in [2.24, 2.45) is 0 Å². The van der Waals surface area contributed by atoms with Crippen molar-refractivity contribution in [3.05, 3.63) is 71.7 Å². The molecule has 2 aromatic carbocycles. The maximum Gasteiger partial charge on any atom is 0.471 e. The second-order valence-corrected chi connectivity index (χ2v) is 9.26. The average molecular weight is 476 g/mol. The Balaban J connectivity index is 1.58. The highest BCUT2D eigenvalue weighted by molar-refractivity contribution is 7.92.